The summed E-state index contributed by atoms with van der Waals surface area (Å²) in [4.78, 5) is 1.99. The zero-order chi connectivity index (χ0) is 10.6. The summed E-state index contributed by atoms with van der Waals surface area (Å²) in [5, 5.41) is 0. The molecule has 84 valence electrons. The van der Waals surface area contributed by atoms with Gasteiger partial charge in [0.05, 0.1) is 12.7 Å². The van der Waals surface area contributed by atoms with E-state index >= 15 is 0 Å². The van der Waals surface area contributed by atoms with Gasteiger partial charge in [-0.25, -0.2) is 0 Å². The third-order valence-electron chi connectivity index (χ3n) is 2.32. The first-order valence-corrected chi connectivity index (χ1v) is 5.58. The molecule has 1 heterocycles. The molecule has 6 heteroatoms. The van der Waals surface area contributed by atoms with E-state index in [2.05, 4.69) is 4.74 Å². The molecule has 1 aliphatic rings. The monoisotopic (exact) mass is 227 g/mol. The van der Waals surface area contributed by atoms with Crippen LogP contribution in [0.25, 0.3) is 0 Å². The van der Waals surface area contributed by atoms with Gasteiger partial charge in [-0.2, -0.15) is 8.78 Å². The number of alkyl halides is 2. The first-order valence-electron chi connectivity index (χ1n) is 4.43. The number of ether oxygens (including phenoxy) is 1. The standard InChI is InChI=1S/C8H15F2NO2S/c1-11-4-7(13-8(9)10)3-6(11)5-12-14-2/h6-8H,3-5H2,1-2H3/t6-,7+/m0/s1. The van der Waals surface area contributed by atoms with Gasteiger partial charge in [-0.1, -0.05) is 0 Å². The fraction of sp³-hybridized carbons (Fsp3) is 1.00. The number of likely N-dealkylation sites (N-methyl/N-ethyl adjacent to an activating group) is 1. The number of nitrogens with zero attached hydrogens (tertiary/aromatic N) is 1. The van der Waals surface area contributed by atoms with Gasteiger partial charge in [0, 0.05) is 18.8 Å². The molecule has 0 aromatic rings. The van der Waals surface area contributed by atoms with Crippen LogP contribution in [0.3, 0.4) is 0 Å². The zero-order valence-corrected chi connectivity index (χ0v) is 9.10. The van der Waals surface area contributed by atoms with Gasteiger partial charge in [-0.3, -0.25) is 4.90 Å². The summed E-state index contributed by atoms with van der Waals surface area (Å²) >= 11 is 1.29. The van der Waals surface area contributed by atoms with Crippen LogP contribution in [-0.2, 0) is 8.92 Å². The molecule has 0 unspecified atom stereocenters. The van der Waals surface area contributed by atoms with Crippen molar-refractivity contribution in [3.05, 3.63) is 0 Å². The van der Waals surface area contributed by atoms with Crippen LogP contribution in [0.4, 0.5) is 8.78 Å². The lowest BCUT2D eigenvalue weighted by Gasteiger charge is -2.17. The summed E-state index contributed by atoms with van der Waals surface area (Å²) in [6, 6.07) is 0.186. The Morgan fingerprint density at radius 2 is 2.29 bits per heavy atom. The predicted molar refractivity (Wildman–Crippen MR) is 51.4 cm³/mol. The summed E-state index contributed by atoms with van der Waals surface area (Å²) < 4.78 is 33.5. The van der Waals surface area contributed by atoms with E-state index in [1.807, 2.05) is 18.2 Å². The largest absolute Gasteiger partial charge is 0.345 e. The molecule has 1 rings (SSSR count). The van der Waals surface area contributed by atoms with E-state index in [1.54, 1.807) is 0 Å². The minimum atomic E-state index is -2.67. The van der Waals surface area contributed by atoms with Crippen molar-refractivity contribution < 1.29 is 17.7 Å². The summed E-state index contributed by atoms with van der Waals surface area (Å²) in [6.07, 6.45) is 2.08. The molecule has 3 nitrogen and oxygen atoms in total. The van der Waals surface area contributed by atoms with Crippen LogP contribution in [-0.4, -0.2) is 50.1 Å². The Balaban J connectivity index is 2.28. The maximum atomic E-state index is 11.9. The lowest BCUT2D eigenvalue weighted by molar-refractivity contribution is -0.158. The van der Waals surface area contributed by atoms with Crippen LogP contribution in [0.5, 0.6) is 0 Å². The second-order valence-corrected chi connectivity index (χ2v) is 3.87. The molecule has 2 atom stereocenters. The lowest BCUT2D eigenvalue weighted by atomic mass is 10.2. The maximum absolute atomic E-state index is 11.9. The van der Waals surface area contributed by atoms with Gasteiger partial charge in [-0.05, 0) is 25.5 Å². The molecular formula is C8H15F2NO2S. The lowest BCUT2D eigenvalue weighted by Crippen LogP contribution is -2.28. The second kappa shape index (κ2) is 5.85. The van der Waals surface area contributed by atoms with Gasteiger partial charge < -0.3 is 8.92 Å². The molecular weight excluding hydrogens is 212 g/mol. The van der Waals surface area contributed by atoms with Crippen LogP contribution < -0.4 is 0 Å². The van der Waals surface area contributed by atoms with Crippen LogP contribution in [0.2, 0.25) is 0 Å². The molecule has 0 spiro atoms. The van der Waals surface area contributed by atoms with Crippen molar-refractivity contribution in [2.24, 2.45) is 0 Å². The smallest absolute Gasteiger partial charge is 0.318 e. The summed E-state index contributed by atoms with van der Waals surface area (Å²) in [7, 11) is 1.89. The van der Waals surface area contributed by atoms with Crippen molar-refractivity contribution in [3.8, 4) is 0 Å². The van der Waals surface area contributed by atoms with Crippen molar-refractivity contribution in [1.82, 2.24) is 4.90 Å². The second-order valence-electron chi connectivity index (χ2n) is 3.30. The average Bonchev–Trinajstić information content (AvgIpc) is 2.41. The van der Waals surface area contributed by atoms with Crippen molar-refractivity contribution in [1.29, 1.82) is 0 Å². The van der Waals surface area contributed by atoms with Crippen molar-refractivity contribution >= 4 is 12.0 Å². The summed E-state index contributed by atoms with van der Waals surface area (Å²) in [5.41, 5.74) is 0. The Kier molecular flexibility index (Phi) is 5.08. The fourth-order valence-electron chi connectivity index (χ4n) is 1.61. The van der Waals surface area contributed by atoms with Crippen molar-refractivity contribution in [3.63, 3.8) is 0 Å². The maximum Gasteiger partial charge on any atom is 0.345 e. The van der Waals surface area contributed by atoms with Crippen molar-refractivity contribution in [2.45, 2.75) is 25.2 Å². The Morgan fingerprint density at radius 1 is 1.57 bits per heavy atom. The van der Waals surface area contributed by atoms with E-state index in [-0.39, 0.29) is 12.1 Å². The van der Waals surface area contributed by atoms with E-state index in [0.29, 0.717) is 19.6 Å². The molecule has 0 aromatic carbocycles. The van der Waals surface area contributed by atoms with Crippen LogP contribution in [0, 0.1) is 0 Å². The van der Waals surface area contributed by atoms with E-state index < -0.39 is 6.61 Å². The molecule has 14 heavy (non-hydrogen) atoms. The Hall–Kier alpha value is 0.0900. The normalized spacial score (nSPS) is 28.9. The molecule has 0 aliphatic carbocycles. The van der Waals surface area contributed by atoms with Gasteiger partial charge >= 0.3 is 6.61 Å². The Morgan fingerprint density at radius 3 is 2.86 bits per heavy atom. The highest BCUT2D eigenvalue weighted by atomic mass is 32.2. The summed E-state index contributed by atoms with van der Waals surface area (Å²) in [6.45, 7) is -1.57. The fourth-order valence-corrected chi connectivity index (χ4v) is 1.91. The number of halogens is 2. The predicted octanol–water partition coefficient (Wildman–Crippen LogP) is 1.59. The van der Waals surface area contributed by atoms with E-state index in [9.17, 15) is 8.78 Å². The van der Waals surface area contributed by atoms with Gasteiger partial charge in [0.1, 0.15) is 0 Å². The summed E-state index contributed by atoms with van der Waals surface area (Å²) in [5.74, 6) is 0. The van der Waals surface area contributed by atoms with Crippen molar-refractivity contribution in [2.75, 3.05) is 26.5 Å². The van der Waals surface area contributed by atoms with Gasteiger partial charge in [0.15, 0.2) is 0 Å². The SMILES string of the molecule is CSOC[C@@H]1C[C@@H](OC(F)F)CN1C. The van der Waals surface area contributed by atoms with Crippen LogP contribution in [0.1, 0.15) is 6.42 Å². The molecule has 1 aliphatic heterocycles. The molecule has 0 bridgehead atoms. The number of rotatable bonds is 5. The van der Waals surface area contributed by atoms with Gasteiger partial charge in [0.2, 0.25) is 0 Å². The topological polar surface area (TPSA) is 21.7 Å². The highest BCUT2D eigenvalue weighted by molar-refractivity contribution is 7.93. The third-order valence-corrected chi connectivity index (χ3v) is 2.70. The first-order chi connectivity index (χ1) is 6.63. The molecule has 1 saturated heterocycles. The first kappa shape index (κ1) is 12.2. The minimum Gasteiger partial charge on any atom is -0.318 e. The van der Waals surface area contributed by atoms with Crippen LogP contribution >= 0.6 is 12.0 Å². The molecule has 0 N–H and O–H groups in total. The number of hydrogen-bond donors (Lipinski definition) is 0. The van der Waals surface area contributed by atoms with Crippen LogP contribution in [0.15, 0.2) is 0 Å². The molecule has 1 fully saturated rings. The molecule has 0 saturated carbocycles. The minimum absolute atomic E-state index is 0.186. The van der Waals surface area contributed by atoms with Gasteiger partial charge in [-0.15, -0.1) is 0 Å². The van der Waals surface area contributed by atoms with E-state index in [0.717, 1.165) is 0 Å². The Bertz CT molecular complexity index is 173. The number of hydrogen-bond acceptors (Lipinski definition) is 4. The Labute approximate surface area is 86.9 Å². The molecule has 0 radical (unpaired) electrons. The third kappa shape index (κ3) is 3.68. The van der Waals surface area contributed by atoms with Gasteiger partial charge in [0.25, 0.3) is 0 Å². The average molecular weight is 227 g/mol. The highest BCUT2D eigenvalue weighted by Gasteiger charge is 2.31. The van der Waals surface area contributed by atoms with E-state index in [1.165, 1.54) is 12.0 Å². The zero-order valence-electron chi connectivity index (χ0n) is 8.28. The molecule has 0 aromatic heterocycles. The van der Waals surface area contributed by atoms with E-state index in [4.69, 9.17) is 4.18 Å². The molecule has 0 amide bonds. The quantitative estimate of drug-likeness (QED) is 0.665. The highest BCUT2D eigenvalue weighted by Crippen LogP contribution is 2.21. The number of likely N-dealkylation sites (tertiary alicyclic amines) is 1.